The van der Waals surface area contributed by atoms with Gasteiger partial charge in [0.1, 0.15) is 40.5 Å². The SMILES string of the molecule is CC(C)[C@@H](C)/C=C/[C@@H](C)[C@H]1CC[C@@H]2[C@]1(C)CC[C@H]1[C@]23C=C[C@]2(C[C@@H](OC(=O)CC[P+](c4ccccc4)(c4ccccc4)c4ccccc4)CC[C@]12C)OO3.[Br-]. The van der Waals surface area contributed by atoms with Crippen LogP contribution in [0, 0.1) is 46.3 Å². The first-order valence-corrected chi connectivity index (χ1v) is 22.9. The third-order valence-corrected chi connectivity index (χ3v) is 20.0. The third kappa shape index (κ3) is 6.66. The van der Waals surface area contributed by atoms with E-state index in [9.17, 15) is 4.79 Å². The topological polar surface area (TPSA) is 44.8 Å². The number of benzene rings is 3. The summed E-state index contributed by atoms with van der Waals surface area (Å²) in [6.45, 7) is 14.4. The van der Waals surface area contributed by atoms with Crippen molar-refractivity contribution in [3.05, 3.63) is 115 Å². The van der Waals surface area contributed by atoms with Gasteiger partial charge in [0.15, 0.2) is 0 Å². The van der Waals surface area contributed by atoms with Crippen LogP contribution in [-0.4, -0.2) is 29.4 Å². The van der Waals surface area contributed by atoms with E-state index in [4.69, 9.17) is 14.5 Å². The molecule has 3 aromatic carbocycles. The van der Waals surface area contributed by atoms with E-state index in [1.165, 1.54) is 35.2 Å². The van der Waals surface area contributed by atoms with Crippen LogP contribution >= 0.6 is 7.26 Å². The lowest BCUT2D eigenvalue weighted by molar-refractivity contribution is -0.497. The van der Waals surface area contributed by atoms with Crippen molar-refractivity contribution >= 4 is 29.1 Å². The highest BCUT2D eigenvalue weighted by atomic mass is 79.9. The number of esters is 1. The van der Waals surface area contributed by atoms with Crippen LogP contribution in [0.25, 0.3) is 0 Å². The quantitative estimate of drug-likeness (QED) is 0.0876. The van der Waals surface area contributed by atoms with Gasteiger partial charge in [-0.3, -0.25) is 4.79 Å². The van der Waals surface area contributed by atoms with Gasteiger partial charge >= 0.3 is 5.97 Å². The Labute approximate surface area is 341 Å². The predicted molar refractivity (Wildman–Crippen MR) is 223 cm³/mol. The molecule has 3 aromatic rings. The van der Waals surface area contributed by atoms with Gasteiger partial charge in [-0.1, -0.05) is 114 Å². The van der Waals surface area contributed by atoms with E-state index in [1.54, 1.807) is 0 Å². The van der Waals surface area contributed by atoms with Crippen molar-refractivity contribution in [1.82, 2.24) is 0 Å². The monoisotopic (exact) mass is 824 g/mol. The third-order valence-electron chi connectivity index (χ3n) is 15.6. The Hall–Kier alpha value is -2.56. The van der Waals surface area contributed by atoms with Crippen molar-refractivity contribution < 1.29 is 36.3 Å². The summed E-state index contributed by atoms with van der Waals surface area (Å²) < 4.78 is 6.45. The van der Waals surface area contributed by atoms with Gasteiger partial charge in [0.05, 0.1) is 12.6 Å². The minimum atomic E-state index is -2.12. The Kier molecular flexibility index (Phi) is 11.6. The van der Waals surface area contributed by atoms with E-state index < -0.39 is 12.9 Å². The molecule has 0 aromatic heterocycles. The largest absolute Gasteiger partial charge is 1.00 e. The average molecular weight is 826 g/mol. The Morgan fingerprint density at radius 1 is 0.764 bits per heavy atom. The lowest BCUT2D eigenvalue weighted by Gasteiger charge is -2.69. The molecule has 6 heteroatoms. The smallest absolute Gasteiger partial charge is 0.309 e. The maximum atomic E-state index is 14.0. The fourth-order valence-corrected chi connectivity index (χ4v) is 16.4. The second-order valence-electron chi connectivity index (χ2n) is 18.5. The summed E-state index contributed by atoms with van der Waals surface area (Å²) in [6, 6.07) is 32.4. The van der Waals surface area contributed by atoms with E-state index in [0.29, 0.717) is 48.3 Å². The van der Waals surface area contributed by atoms with E-state index in [1.807, 2.05) is 0 Å². The van der Waals surface area contributed by atoms with Crippen LogP contribution in [0.5, 0.6) is 0 Å². The van der Waals surface area contributed by atoms with Gasteiger partial charge in [-0.05, 0) is 110 Å². The van der Waals surface area contributed by atoms with Crippen molar-refractivity contribution in [2.75, 3.05) is 6.16 Å². The number of rotatable bonds is 11. The van der Waals surface area contributed by atoms with E-state index >= 15 is 0 Å². The van der Waals surface area contributed by atoms with Crippen LogP contribution in [0.15, 0.2) is 115 Å². The van der Waals surface area contributed by atoms with E-state index in [-0.39, 0.29) is 45.5 Å². The zero-order valence-electron chi connectivity index (χ0n) is 33.8. The minimum Gasteiger partial charge on any atom is -1.00 e. The number of ether oxygens (including phenoxy) is 1. The molecule has 2 aliphatic heterocycles. The van der Waals surface area contributed by atoms with Gasteiger partial charge in [-0.25, -0.2) is 9.78 Å². The molecule has 4 fully saturated rings. The molecule has 1 saturated heterocycles. The number of halogens is 1. The standard InChI is InChI=1S/C49H62O4P.BrH/c1-35(2)36(3)22-23-37(4)42-24-25-43-46(42,5)29-27-44-47(6)30-26-38(34-48(47)31-32-49(43,44)53-52-48)51-45(50)28-33-54(39-16-10-7-11-17-39,40-18-12-8-13-19-40)41-20-14-9-15-21-41;/h7-23,31-32,35-38,42-44H,24-30,33-34H2,1-6H3;1H/q+1;/p-1/b23-22+;/t36-,37+,38-,42+,43+,44+,46+,47+,48+,49-;/m0./s1. The zero-order chi connectivity index (χ0) is 37.8. The summed E-state index contributed by atoms with van der Waals surface area (Å²) in [5, 5.41) is 3.86. The Bertz CT molecular complexity index is 1750. The molecule has 3 saturated carbocycles. The lowest BCUT2D eigenvalue weighted by Crippen LogP contribution is -3.00. The molecule has 4 aliphatic carbocycles. The van der Waals surface area contributed by atoms with Gasteiger partial charge in [0.2, 0.25) is 0 Å². The second kappa shape index (κ2) is 15.7. The van der Waals surface area contributed by atoms with Crippen LogP contribution in [0.3, 0.4) is 0 Å². The number of carbonyl (C=O) groups excluding carboxylic acids is 1. The molecule has 294 valence electrons. The summed E-state index contributed by atoms with van der Waals surface area (Å²) in [5.74, 6) is 3.18. The normalized spacial score (nSPS) is 34.7. The minimum absolute atomic E-state index is 0. The van der Waals surface area contributed by atoms with Gasteiger partial charge in [-0.15, -0.1) is 0 Å². The van der Waals surface area contributed by atoms with Gasteiger partial charge in [-0.2, -0.15) is 0 Å². The molecular formula is C49H62BrO4P. The molecule has 4 nitrogen and oxygen atoms in total. The maximum absolute atomic E-state index is 14.0. The number of fused-ring (bicyclic) bond motifs is 2. The highest BCUT2D eigenvalue weighted by Gasteiger charge is 2.74. The predicted octanol–water partition coefficient (Wildman–Crippen LogP) is 7.41. The summed E-state index contributed by atoms with van der Waals surface area (Å²) in [4.78, 5) is 27.5. The maximum Gasteiger partial charge on any atom is 0.309 e. The second-order valence-corrected chi connectivity index (χ2v) is 22.1. The van der Waals surface area contributed by atoms with Crippen LogP contribution in [0.2, 0.25) is 0 Å². The van der Waals surface area contributed by atoms with Gasteiger partial charge in [0, 0.05) is 23.7 Å². The van der Waals surface area contributed by atoms with E-state index in [2.05, 4.69) is 157 Å². The molecule has 6 aliphatic rings. The number of hydrogen-bond donors (Lipinski definition) is 0. The van der Waals surface area contributed by atoms with Crippen molar-refractivity contribution in [2.24, 2.45) is 46.3 Å². The zero-order valence-corrected chi connectivity index (χ0v) is 36.3. The van der Waals surface area contributed by atoms with Crippen LogP contribution in [0.4, 0.5) is 0 Å². The first kappa shape index (κ1) is 40.6. The molecule has 0 unspecified atom stereocenters. The van der Waals surface area contributed by atoms with Crippen LogP contribution in [-0.2, 0) is 19.3 Å². The number of carbonyl (C=O) groups is 1. The van der Waals surface area contributed by atoms with Crippen LogP contribution < -0.4 is 32.9 Å². The highest BCUT2D eigenvalue weighted by Crippen LogP contribution is 2.73. The van der Waals surface area contributed by atoms with Crippen molar-refractivity contribution in [2.45, 2.75) is 110 Å². The molecule has 2 spiro atoms. The van der Waals surface area contributed by atoms with Crippen molar-refractivity contribution in [3.8, 4) is 0 Å². The molecule has 2 bridgehead atoms. The Morgan fingerprint density at radius 3 is 1.91 bits per heavy atom. The number of allylic oxidation sites excluding steroid dienone is 2. The molecule has 9 rings (SSSR count). The molecule has 0 amide bonds. The summed E-state index contributed by atoms with van der Waals surface area (Å²) in [6.07, 6.45) is 18.0. The summed E-state index contributed by atoms with van der Waals surface area (Å²) in [7, 11) is -2.12. The first-order chi connectivity index (χ1) is 26.0. The van der Waals surface area contributed by atoms with Gasteiger partial charge < -0.3 is 21.7 Å². The average Bonchev–Trinajstić information content (AvgIpc) is 3.56. The molecule has 55 heavy (non-hydrogen) atoms. The fourth-order valence-electron chi connectivity index (χ4n) is 12.2. The summed E-state index contributed by atoms with van der Waals surface area (Å²) in [5.41, 5.74) is -0.802. The summed E-state index contributed by atoms with van der Waals surface area (Å²) >= 11 is 0. The molecule has 10 atom stereocenters. The van der Waals surface area contributed by atoms with Crippen molar-refractivity contribution in [1.29, 1.82) is 0 Å². The van der Waals surface area contributed by atoms with Crippen molar-refractivity contribution in [3.63, 3.8) is 0 Å². The molecule has 2 heterocycles. The number of hydrogen-bond acceptors (Lipinski definition) is 4. The Balaban J connectivity index is 0.00000465. The molecular weight excluding hydrogens is 763 g/mol. The first-order valence-electron chi connectivity index (χ1n) is 21.0. The Morgan fingerprint density at radius 2 is 1.36 bits per heavy atom. The van der Waals surface area contributed by atoms with Gasteiger partial charge in [0.25, 0.3) is 0 Å². The highest BCUT2D eigenvalue weighted by molar-refractivity contribution is 7.95. The molecule has 0 N–H and O–H groups in total. The van der Waals surface area contributed by atoms with E-state index in [0.717, 1.165) is 25.4 Å². The van der Waals surface area contributed by atoms with Crippen LogP contribution in [0.1, 0.15) is 92.9 Å². The lowest BCUT2D eigenvalue weighted by atomic mass is 9.42. The fraction of sp³-hybridized carbons (Fsp3) is 0.531. The molecule has 0 radical (unpaired) electrons.